The Morgan fingerprint density at radius 1 is 0.962 bits per heavy atom. The second-order valence-corrected chi connectivity index (χ2v) is 5.86. The first-order chi connectivity index (χ1) is 12.6. The first-order valence-corrected chi connectivity index (χ1v) is 8.73. The number of esters is 1. The Hall–Kier alpha value is -3.02. The van der Waals surface area contributed by atoms with E-state index in [1.165, 1.54) is 0 Å². The van der Waals surface area contributed by atoms with E-state index in [2.05, 4.69) is 9.97 Å². The molecule has 0 fully saturated rings. The highest BCUT2D eigenvalue weighted by atomic mass is 16.5. The van der Waals surface area contributed by atoms with E-state index in [1.807, 2.05) is 31.2 Å². The van der Waals surface area contributed by atoms with Crippen LogP contribution in [0.5, 0.6) is 0 Å². The lowest BCUT2D eigenvalue weighted by Gasteiger charge is -2.20. The van der Waals surface area contributed by atoms with Crippen LogP contribution < -0.4 is 0 Å². The van der Waals surface area contributed by atoms with Gasteiger partial charge in [0.25, 0.3) is 5.91 Å². The van der Waals surface area contributed by atoms with E-state index in [0.29, 0.717) is 30.8 Å². The highest BCUT2D eigenvalue weighted by Crippen LogP contribution is 2.18. The predicted molar refractivity (Wildman–Crippen MR) is 99.9 cm³/mol. The van der Waals surface area contributed by atoms with Gasteiger partial charge in [0, 0.05) is 18.7 Å². The van der Waals surface area contributed by atoms with Gasteiger partial charge in [-0.15, -0.1) is 0 Å². The molecule has 1 amide bonds. The van der Waals surface area contributed by atoms with Crippen molar-refractivity contribution in [2.45, 2.75) is 20.3 Å². The zero-order valence-corrected chi connectivity index (χ0v) is 14.9. The topological polar surface area (TPSA) is 72.4 Å². The number of aromatic nitrogens is 2. The summed E-state index contributed by atoms with van der Waals surface area (Å²) >= 11 is 0. The second-order valence-electron chi connectivity index (χ2n) is 5.86. The molecule has 0 aliphatic heterocycles. The number of nitrogens with zero attached hydrogens (tertiary/aromatic N) is 3. The number of amides is 1. The van der Waals surface area contributed by atoms with E-state index in [-0.39, 0.29) is 18.3 Å². The van der Waals surface area contributed by atoms with Crippen molar-refractivity contribution in [2.24, 2.45) is 0 Å². The molecule has 3 rings (SSSR count). The van der Waals surface area contributed by atoms with Crippen molar-refractivity contribution >= 4 is 33.9 Å². The van der Waals surface area contributed by atoms with Gasteiger partial charge in [-0.3, -0.25) is 9.59 Å². The molecule has 0 aliphatic carbocycles. The van der Waals surface area contributed by atoms with Crippen LogP contribution in [0.15, 0.2) is 42.5 Å². The van der Waals surface area contributed by atoms with Gasteiger partial charge in [-0.05, 0) is 44.2 Å². The number of hydrogen-bond acceptors (Lipinski definition) is 5. The van der Waals surface area contributed by atoms with Crippen molar-refractivity contribution in [1.29, 1.82) is 0 Å². The molecule has 1 heterocycles. The van der Waals surface area contributed by atoms with Gasteiger partial charge in [-0.2, -0.15) is 0 Å². The first-order valence-electron chi connectivity index (χ1n) is 8.73. The van der Waals surface area contributed by atoms with Gasteiger partial charge in [-0.25, -0.2) is 9.97 Å². The molecule has 0 N–H and O–H groups in total. The normalized spacial score (nSPS) is 10.8. The van der Waals surface area contributed by atoms with Gasteiger partial charge < -0.3 is 9.64 Å². The summed E-state index contributed by atoms with van der Waals surface area (Å²) in [6, 6.07) is 12.9. The molecule has 0 atom stereocenters. The first kappa shape index (κ1) is 17.8. The third-order valence-electron chi connectivity index (χ3n) is 4.15. The SMILES string of the molecule is CCOC(=O)CCN(CC)C(=O)c1ccc2nc3ccccc3nc2c1. The van der Waals surface area contributed by atoms with Gasteiger partial charge in [-0.1, -0.05) is 12.1 Å². The summed E-state index contributed by atoms with van der Waals surface area (Å²) in [4.78, 5) is 35.1. The maximum atomic E-state index is 12.8. The number of carbonyl (C=O) groups is 2. The van der Waals surface area contributed by atoms with Crippen molar-refractivity contribution in [1.82, 2.24) is 14.9 Å². The number of rotatable bonds is 6. The fraction of sp³-hybridized carbons (Fsp3) is 0.300. The van der Waals surface area contributed by atoms with Gasteiger partial charge in [0.2, 0.25) is 0 Å². The third kappa shape index (κ3) is 3.79. The maximum Gasteiger partial charge on any atom is 0.307 e. The third-order valence-corrected chi connectivity index (χ3v) is 4.15. The van der Waals surface area contributed by atoms with Crippen LogP contribution in [-0.2, 0) is 9.53 Å². The van der Waals surface area contributed by atoms with E-state index in [0.717, 1.165) is 16.6 Å². The summed E-state index contributed by atoms with van der Waals surface area (Å²) in [5, 5.41) is 0. The molecule has 6 nitrogen and oxygen atoms in total. The lowest BCUT2D eigenvalue weighted by atomic mass is 10.1. The molecule has 0 bridgehead atoms. The van der Waals surface area contributed by atoms with Crippen LogP contribution in [0.4, 0.5) is 0 Å². The van der Waals surface area contributed by atoms with Crippen molar-refractivity contribution < 1.29 is 14.3 Å². The van der Waals surface area contributed by atoms with Crippen LogP contribution in [0.25, 0.3) is 22.1 Å². The molecule has 0 saturated heterocycles. The predicted octanol–water partition coefficient (Wildman–Crippen LogP) is 3.20. The van der Waals surface area contributed by atoms with E-state index < -0.39 is 0 Å². The maximum absolute atomic E-state index is 12.8. The van der Waals surface area contributed by atoms with Crippen molar-refractivity contribution in [3.05, 3.63) is 48.0 Å². The molecule has 2 aromatic carbocycles. The molecule has 26 heavy (non-hydrogen) atoms. The van der Waals surface area contributed by atoms with Crippen LogP contribution in [0.3, 0.4) is 0 Å². The lowest BCUT2D eigenvalue weighted by Crippen LogP contribution is -2.33. The number of para-hydroxylation sites is 2. The van der Waals surface area contributed by atoms with Crippen LogP contribution in [-0.4, -0.2) is 46.4 Å². The number of hydrogen-bond donors (Lipinski definition) is 0. The summed E-state index contributed by atoms with van der Waals surface area (Å²) in [6.45, 7) is 4.84. The van der Waals surface area contributed by atoms with E-state index in [1.54, 1.807) is 30.0 Å². The van der Waals surface area contributed by atoms with Crippen LogP contribution in [0.1, 0.15) is 30.6 Å². The quantitative estimate of drug-likeness (QED) is 0.504. The van der Waals surface area contributed by atoms with Crippen molar-refractivity contribution in [3.8, 4) is 0 Å². The Labute approximate surface area is 151 Å². The molecular weight excluding hydrogens is 330 g/mol. The fourth-order valence-electron chi connectivity index (χ4n) is 2.80. The van der Waals surface area contributed by atoms with Crippen molar-refractivity contribution in [3.63, 3.8) is 0 Å². The summed E-state index contributed by atoms with van der Waals surface area (Å²) in [6.07, 6.45) is 0.186. The van der Waals surface area contributed by atoms with E-state index in [9.17, 15) is 9.59 Å². The average Bonchev–Trinajstić information content (AvgIpc) is 2.66. The molecule has 0 saturated carbocycles. The minimum atomic E-state index is -0.297. The van der Waals surface area contributed by atoms with Crippen LogP contribution in [0, 0.1) is 0 Å². The van der Waals surface area contributed by atoms with Gasteiger partial charge in [0.05, 0.1) is 35.1 Å². The molecule has 0 radical (unpaired) electrons. The monoisotopic (exact) mass is 351 g/mol. The molecule has 1 aromatic heterocycles. The van der Waals surface area contributed by atoms with Crippen LogP contribution >= 0.6 is 0 Å². The Morgan fingerprint density at radius 3 is 2.27 bits per heavy atom. The average molecular weight is 351 g/mol. The van der Waals surface area contributed by atoms with Crippen LogP contribution in [0.2, 0.25) is 0 Å². The Kier molecular flexibility index (Phi) is 5.41. The van der Waals surface area contributed by atoms with Gasteiger partial charge >= 0.3 is 5.97 Å². The Bertz CT molecular complexity index is 955. The number of ether oxygens (including phenoxy) is 1. The highest BCUT2D eigenvalue weighted by Gasteiger charge is 2.16. The zero-order chi connectivity index (χ0) is 18.5. The standard InChI is InChI=1S/C20H21N3O3/c1-3-23(12-11-19(24)26-4-2)20(25)14-9-10-17-18(13-14)22-16-8-6-5-7-15(16)21-17/h5-10,13H,3-4,11-12H2,1-2H3. The Balaban J connectivity index is 1.84. The molecule has 6 heteroatoms. The largest absolute Gasteiger partial charge is 0.466 e. The number of carbonyl (C=O) groups excluding carboxylic acids is 2. The van der Waals surface area contributed by atoms with E-state index >= 15 is 0 Å². The van der Waals surface area contributed by atoms with E-state index in [4.69, 9.17) is 4.74 Å². The molecule has 3 aromatic rings. The summed E-state index contributed by atoms with van der Waals surface area (Å²) in [7, 11) is 0. The Morgan fingerprint density at radius 2 is 1.62 bits per heavy atom. The second kappa shape index (κ2) is 7.91. The fourth-order valence-corrected chi connectivity index (χ4v) is 2.80. The number of fused-ring (bicyclic) bond motifs is 2. The lowest BCUT2D eigenvalue weighted by molar-refractivity contribution is -0.143. The zero-order valence-electron chi connectivity index (χ0n) is 14.9. The summed E-state index contributed by atoms with van der Waals surface area (Å²) in [5.74, 6) is -0.428. The molecular formula is C20H21N3O3. The molecule has 0 spiro atoms. The summed E-state index contributed by atoms with van der Waals surface area (Å²) in [5.41, 5.74) is 3.57. The highest BCUT2D eigenvalue weighted by molar-refractivity contribution is 5.98. The minimum absolute atomic E-state index is 0.131. The molecule has 0 unspecified atom stereocenters. The minimum Gasteiger partial charge on any atom is -0.466 e. The van der Waals surface area contributed by atoms with Gasteiger partial charge in [0.1, 0.15) is 0 Å². The molecule has 134 valence electrons. The van der Waals surface area contributed by atoms with Gasteiger partial charge in [0.15, 0.2) is 0 Å². The summed E-state index contributed by atoms with van der Waals surface area (Å²) < 4.78 is 4.93. The smallest absolute Gasteiger partial charge is 0.307 e. The molecule has 0 aliphatic rings. The van der Waals surface area contributed by atoms with Crippen molar-refractivity contribution in [2.75, 3.05) is 19.7 Å². The number of benzene rings is 2.